The summed E-state index contributed by atoms with van der Waals surface area (Å²) in [6.07, 6.45) is 4.85. The van der Waals surface area contributed by atoms with E-state index in [9.17, 15) is 4.79 Å². The fourth-order valence-electron chi connectivity index (χ4n) is 1.30. The van der Waals surface area contributed by atoms with Crippen molar-refractivity contribution < 1.29 is 9.53 Å². The quantitative estimate of drug-likeness (QED) is 0.365. The molecule has 1 heterocycles. The molecular weight excluding hydrogens is 152 g/mol. The highest BCUT2D eigenvalue weighted by molar-refractivity contribution is 5.65. The van der Waals surface area contributed by atoms with E-state index in [4.69, 9.17) is 4.74 Å². The SMILES string of the molecule is C/C(=C\C=O)CC[C@H]1OC1(C)C. The number of hydrogen-bond donors (Lipinski definition) is 0. The molecule has 0 aliphatic carbocycles. The third-order valence-electron chi connectivity index (χ3n) is 2.32. The Kier molecular flexibility index (Phi) is 2.68. The van der Waals surface area contributed by atoms with Gasteiger partial charge in [-0.3, -0.25) is 4.79 Å². The van der Waals surface area contributed by atoms with Crippen LogP contribution in [0, 0.1) is 0 Å². The summed E-state index contributed by atoms with van der Waals surface area (Å²) in [5.74, 6) is 0. The van der Waals surface area contributed by atoms with E-state index in [-0.39, 0.29) is 5.60 Å². The number of epoxide rings is 1. The Morgan fingerprint density at radius 2 is 2.17 bits per heavy atom. The van der Waals surface area contributed by atoms with E-state index in [0.717, 1.165) is 24.7 Å². The molecule has 0 aromatic carbocycles. The number of rotatable bonds is 4. The number of allylic oxidation sites excluding steroid dienone is 2. The number of carbonyl (C=O) groups excluding carboxylic acids is 1. The van der Waals surface area contributed by atoms with Crippen molar-refractivity contribution in [2.75, 3.05) is 0 Å². The number of ether oxygens (including phenoxy) is 1. The van der Waals surface area contributed by atoms with E-state index in [2.05, 4.69) is 13.8 Å². The average Bonchev–Trinajstić information content (AvgIpc) is 2.56. The number of aldehydes is 1. The molecule has 0 amide bonds. The molecule has 1 aliphatic rings. The lowest BCUT2D eigenvalue weighted by molar-refractivity contribution is -0.104. The first kappa shape index (κ1) is 9.46. The normalized spacial score (nSPS) is 26.9. The molecule has 0 radical (unpaired) electrons. The molecule has 1 aliphatic heterocycles. The van der Waals surface area contributed by atoms with Crippen molar-refractivity contribution in [3.8, 4) is 0 Å². The zero-order valence-electron chi connectivity index (χ0n) is 7.96. The van der Waals surface area contributed by atoms with E-state index in [1.54, 1.807) is 6.08 Å². The highest BCUT2D eigenvalue weighted by Crippen LogP contribution is 2.38. The molecular formula is C10H16O2. The van der Waals surface area contributed by atoms with Crippen molar-refractivity contribution >= 4 is 6.29 Å². The summed E-state index contributed by atoms with van der Waals surface area (Å²) >= 11 is 0. The minimum absolute atomic E-state index is 0.0848. The third kappa shape index (κ3) is 2.45. The number of carbonyl (C=O) groups is 1. The third-order valence-corrected chi connectivity index (χ3v) is 2.32. The predicted molar refractivity (Wildman–Crippen MR) is 48.0 cm³/mol. The molecule has 0 saturated carbocycles. The lowest BCUT2D eigenvalue weighted by atomic mass is 10.0. The molecule has 0 aromatic rings. The van der Waals surface area contributed by atoms with Gasteiger partial charge < -0.3 is 4.74 Å². The summed E-state index contributed by atoms with van der Waals surface area (Å²) in [5.41, 5.74) is 1.22. The summed E-state index contributed by atoms with van der Waals surface area (Å²) < 4.78 is 5.42. The Morgan fingerprint density at radius 1 is 1.58 bits per heavy atom. The first-order valence-electron chi connectivity index (χ1n) is 4.35. The van der Waals surface area contributed by atoms with Gasteiger partial charge in [-0.2, -0.15) is 0 Å². The second kappa shape index (κ2) is 3.40. The van der Waals surface area contributed by atoms with Crippen molar-refractivity contribution in [3.05, 3.63) is 11.6 Å². The Morgan fingerprint density at radius 3 is 2.58 bits per heavy atom. The van der Waals surface area contributed by atoms with Gasteiger partial charge in [-0.05, 0) is 39.7 Å². The summed E-state index contributed by atoms with van der Waals surface area (Å²) in [7, 11) is 0. The summed E-state index contributed by atoms with van der Waals surface area (Å²) in [6, 6.07) is 0. The van der Waals surface area contributed by atoms with Gasteiger partial charge in [0.1, 0.15) is 6.29 Å². The highest BCUT2D eigenvalue weighted by Gasteiger charge is 2.46. The van der Waals surface area contributed by atoms with Crippen LogP contribution in [0.5, 0.6) is 0 Å². The molecule has 1 fully saturated rings. The van der Waals surface area contributed by atoms with E-state index in [1.165, 1.54) is 0 Å². The minimum atomic E-state index is 0.0848. The first-order valence-corrected chi connectivity index (χ1v) is 4.35. The van der Waals surface area contributed by atoms with Crippen LogP contribution in [0.15, 0.2) is 11.6 Å². The molecule has 1 saturated heterocycles. The van der Waals surface area contributed by atoms with Crippen LogP contribution in [0.4, 0.5) is 0 Å². The van der Waals surface area contributed by atoms with Gasteiger partial charge in [-0.15, -0.1) is 0 Å². The van der Waals surface area contributed by atoms with Gasteiger partial charge in [0, 0.05) is 0 Å². The largest absolute Gasteiger partial charge is 0.367 e. The maximum Gasteiger partial charge on any atom is 0.142 e. The maximum atomic E-state index is 10.1. The summed E-state index contributed by atoms with van der Waals surface area (Å²) in [6.45, 7) is 6.16. The molecule has 0 spiro atoms. The van der Waals surface area contributed by atoms with Crippen LogP contribution in [0.3, 0.4) is 0 Å². The van der Waals surface area contributed by atoms with Crippen molar-refractivity contribution in [3.63, 3.8) is 0 Å². The van der Waals surface area contributed by atoms with Crippen LogP contribution in [-0.4, -0.2) is 18.0 Å². The molecule has 2 heteroatoms. The van der Waals surface area contributed by atoms with Crippen LogP contribution in [0.1, 0.15) is 33.6 Å². The Hall–Kier alpha value is -0.630. The fraction of sp³-hybridized carbons (Fsp3) is 0.700. The fourth-order valence-corrected chi connectivity index (χ4v) is 1.30. The molecule has 0 aromatic heterocycles. The summed E-state index contributed by atoms with van der Waals surface area (Å²) in [5, 5.41) is 0. The van der Waals surface area contributed by atoms with Crippen molar-refractivity contribution in [2.45, 2.75) is 45.3 Å². The van der Waals surface area contributed by atoms with Crippen molar-refractivity contribution in [1.82, 2.24) is 0 Å². The van der Waals surface area contributed by atoms with Crippen LogP contribution in [-0.2, 0) is 9.53 Å². The van der Waals surface area contributed by atoms with Gasteiger partial charge in [-0.1, -0.05) is 5.57 Å². The average molecular weight is 168 g/mol. The first-order chi connectivity index (χ1) is 5.56. The Balaban J connectivity index is 2.19. The van der Waals surface area contributed by atoms with Gasteiger partial charge in [0.2, 0.25) is 0 Å². The van der Waals surface area contributed by atoms with Crippen LogP contribution < -0.4 is 0 Å². The Labute approximate surface area is 73.6 Å². The van der Waals surface area contributed by atoms with E-state index < -0.39 is 0 Å². The van der Waals surface area contributed by atoms with Gasteiger partial charge in [0.05, 0.1) is 11.7 Å². The van der Waals surface area contributed by atoms with Crippen LogP contribution >= 0.6 is 0 Å². The standard InChI is InChI=1S/C10H16O2/c1-8(6-7-11)4-5-9-10(2,3)12-9/h6-7,9H,4-5H2,1-3H3/b8-6+/t9-/m1/s1. The van der Waals surface area contributed by atoms with Crippen LogP contribution in [0.25, 0.3) is 0 Å². The van der Waals surface area contributed by atoms with Crippen molar-refractivity contribution in [2.24, 2.45) is 0 Å². The molecule has 0 unspecified atom stereocenters. The molecule has 0 bridgehead atoms. The van der Waals surface area contributed by atoms with E-state index in [0.29, 0.717) is 6.10 Å². The van der Waals surface area contributed by atoms with Gasteiger partial charge in [0.15, 0.2) is 0 Å². The molecule has 1 atom stereocenters. The minimum Gasteiger partial charge on any atom is -0.367 e. The highest BCUT2D eigenvalue weighted by atomic mass is 16.6. The second-order valence-electron chi connectivity index (χ2n) is 3.90. The van der Waals surface area contributed by atoms with Gasteiger partial charge >= 0.3 is 0 Å². The molecule has 2 nitrogen and oxygen atoms in total. The van der Waals surface area contributed by atoms with E-state index in [1.807, 2.05) is 6.92 Å². The maximum absolute atomic E-state index is 10.1. The molecule has 0 N–H and O–H groups in total. The summed E-state index contributed by atoms with van der Waals surface area (Å²) in [4.78, 5) is 10.1. The van der Waals surface area contributed by atoms with Crippen molar-refractivity contribution in [1.29, 1.82) is 0 Å². The Bertz CT molecular complexity index is 204. The zero-order valence-corrected chi connectivity index (χ0v) is 7.96. The topological polar surface area (TPSA) is 29.6 Å². The lowest BCUT2D eigenvalue weighted by Gasteiger charge is -1.97. The monoisotopic (exact) mass is 168 g/mol. The smallest absolute Gasteiger partial charge is 0.142 e. The lowest BCUT2D eigenvalue weighted by Crippen LogP contribution is -2.02. The second-order valence-corrected chi connectivity index (χ2v) is 3.90. The molecule has 1 rings (SSSR count). The van der Waals surface area contributed by atoms with Gasteiger partial charge in [-0.25, -0.2) is 0 Å². The molecule has 12 heavy (non-hydrogen) atoms. The van der Waals surface area contributed by atoms with Crippen LogP contribution in [0.2, 0.25) is 0 Å². The van der Waals surface area contributed by atoms with Gasteiger partial charge in [0.25, 0.3) is 0 Å². The number of hydrogen-bond acceptors (Lipinski definition) is 2. The predicted octanol–water partition coefficient (Wildman–Crippen LogP) is 2.09. The van der Waals surface area contributed by atoms with E-state index >= 15 is 0 Å². The molecule has 68 valence electrons. The zero-order chi connectivity index (χ0) is 9.19.